The fourth-order valence-electron chi connectivity index (χ4n) is 1.52. The Balaban J connectivity index is 1.62. The molecule has 5 nitrogen and oxygen atoms in total. The van der Waals surface area contributed by atoms with Crippen molar-refractivity contribution in [2.75, 3.05) is 26.4 Å². The molecule has 96 valence electrons. The number of benzene rings is 1. The lowest BCUT2D eigenvalue weighted by Gasteiger charge is -2.09. The summed E-state index contributed by atoms with van der Waals surface area (Å²) in [5.41, 5.74) is 0.443. The van der Waals surface area contributed by atoms with E-state index in [0.717, 1.165) is 6.61 Å². The van der Waals surface area contributed by atoms with Crippen molar-refractivity contribution in [1.29, 1.82) is 0 Å². The Morgan fingerprint density at radius 3 is 2.56 bits per heavy atom. The summed E-state index contributed by atoms with van der Waals surface area (Å²) in [6, 6.07) is 7.06. The smallest absolute Gasteiger partial charge is 0.342 e. The highest BCUT2D eigenvalue weighted by molar-refractivity contribution is 5.92. The molecular weight excluding hydrogens is 236 g/mol. The van der Waals surface area contributed by atoms with Gasteiger partial charge >= 0.3 is 5.97 Å². The first-order chi connectivity index (χ1) is 8.83. The first-order valence-corrected chi connectivity index (χ1v) is 5.95. The first kappa shape index (κ1) is 11.5. The van der Waals surface area contributed by atoms with Crippen molar-refractivity contribution >= 4 is 5.97 Å². The molecule has 0 N–H and O–H groups in total. The van der Waals surface area contributed by atoms with Crippen molar-refractivity contribution in [3.05, 3.63) is 29.8 Å². The summed E-state index contributed by atoms with van der Waals surface area (Å²) in [4.78, 5) is 11.9. The predicted molar refractivity (Wildman–Crippen MR) is 61.7 cm³/mol. The topological polar surface area (TPSA) is 60.6 Å². The quantitative estimate of drug-likeness (QED) is 0.557. The Morgan fingerprint density at radius 1 is 1.17 bits per heavy atom. The molecule has 1 aromatic carbocycles. The van der Waals surface area contributed by atoms with Crippen LogP contribution in [-0.2, 0) is 14.2 Å². The van der Waals surface area contributed by atoms with Crippen LogP contribution in [0.25, 0.3) is 0 Å². The van der Waals surface area contributed by atoms with Crippen molar-refractivity contribution in [3.63, 3.8) is 0 Å². The van der Waals surface area contributed by atoms with Crippen molar-refractivity contribution in [1.82, 2.24) is 0 Å². The number of ether oxygens (including phenoxy) is 4. The lowest BCUT2D eigenvalue weighted by molar-refractivity contribution is 0.0471. The minimum Gasteiger partial charge on any atom is -0.490 e. The fourth-order valence-corrected chi connectivity index (χ4v) is 1.52. The number of hydrogen-bond acceptors (Lipinski definition) is 5. The highest BCUT2D eigenvalue weighted by atomic mass is 16.6. The normalized spacial score (nSPS) is 24.4. The average molecular weight is 250 g/mol. The van der Waals surface area contributed by atoms with Gasteiger partial charge in [-0.2, -0.15) is 0 Å². The molecule has 0 amide bonds. The molecule has 0 spiro atoms. The lowest BCUT2D eigenvalue weighted by Crippen LogP contribution is -2.13. The third kappa shape index (κ3) is 3.00. The van der Waals surface area contributed by atoms with Gasteiger partial charge < -0.3 is 18.9 Å². The van der Waals surface area contributed by atoms with Gasteiger partial charge in [-0.05, 0) is 12.1 Å². The second kappa shape index (κ2) is 4.96. The third-order valence-electron chi connectivity index (χ3n) is 2.74. The van der Waals surface area contributed by atoms with Gasteiger partial charge in [-0.1, -0.05) is 12.1 Å². The van der Waals surface area contributed by atoms with Crippen LogP contribution < -0.4 is 4.74 Å². The van der Waals surface area contributed by atoms with Gasteiger partial charge in [0.15, 0.2) is 0 Å². The van der Waals surface area contributed by atoms with Crippen LogP contribution in [0.5, 0.6) is 5.75 Å². The van der Waals surface area contributed by atoms with Crippen molar-refractivity contribution in [2.45, 2.75) is 12.2 Å². The molecule has 2 saturated heterocycles. The van der Waals surface area contributed by atoms with Gasteiger partial charge in [0.1, 0.15) is 36.7 Å². The van der Waals surface area contributed by atoms with Crippen LogP contribution in [0.4, 0.5) is 0 Å². The standard InChI is InChI=1S/C13H14O5/c14-13(18-8-10-6-16-10)11-3-1-2-4-12(11)17-7-9-5-15-9/h1-4,9-10H,5-8H2. The molecular formula is C13H14O5. The van der Waals surface area contributed by atoms with Gasteiger partial charge in [0.05, 0.1) is 13.2 Å². The summed E-state index contributed by atoms with van der Waals surface area (Å²) >= 11 is 0. The SMILES string of the molecule is O=C(OCC1CO1)c1ccccc1OCC1CO1. The van der Waals surface area contributed by atoms with E-state index in [4.69, 9.17) is 18.9 Å². The van der Waals surface area contributed by atoms with Gasteiger partial charge in [0.25, 0.3) is 0 Å². The van der Waals surface area contributed by atoms with E-state index in [1.807, 2.05) is 6.07 Å². The second-order valence-corrected chi connectivity index (χ2v) is 4.32. The summed E-state index contributed by atoms with van der Waals surface area (Å²) in [6.07, 6.45) is 0.232. The molecule has 0 saturated carbocycles. The monoisotopic (exact) mass is 250 g/mol. The van der Waals surface area contributed by atoms with Gasteiger partial charge in [0, 0.05) is 0 Å². The average Bonchev–Trinajstić information content (AvgIpc) is 3.28. The van der Waals surface area contributed by atoms with E-state index in [-0.39, 0.29) is 18.2 Å². The van der Waals surface area contributed by atoms with Crippen molar-refractivity contribution in [2.24, 2.45) is 0 Å². The predicted octanol–water partition coefficient (Wildman–Crippen LogP) is 1.02. The van der Waals surface area contributed by atoms with Crippen LogP contribution in [0, 0.1) is 0 Å². The molecule has 2 aliphatic rings. The van der Waals surface area contributed by atoms with Crippen LogP contribution in [-0.4, -0.2) is 44.6 Å². The summed E-state index contributed by atoms with van der Waals surface area (Å²) in [5.74, 6) is 0.160. The van der Waals surface area contributed by atoms with Crippen LogP contribution >= 0.6 is 0 Å². The fraction of sp³-hybridized carbons (Fsp3) is 0.462. The third-order valence-corrected chi connectivity index (χ3v) is 2.74. The summed E-state index contributed by atoms with van der Waals surface area (Å²) in [7, 11) is 0. The number of hydrogen-bond donors (Lipinski definition) is 0. The Morgan fingerprint density at radius 2 is 1.83 bits per heavy atom. The zero-order valence-electron chi connectivity index (χ0n) is 9.83. The zero-order chi connectivity index (χ0) is 12.4. The highest BCUT2D eigenvalue weighted by Crippen LogP contribution is 2.21. The van der Waals surface area contributed by atoms with Gasteiger partial charge in [-0.15, -0.1) is 0 Å². The molecule has 5 heteroatoms. The minimum absolute atomic E-state index is 0.0712. The van der Waals surface area contributed by atoms with E-state index in [0.29, 0.717) is 31.1 Å². The van der Waals surface area contributed by atoms with Gasteiger partial charge in [0.2, 0.25) is 0 Å². The van der Waals surface area contributed by atoms with Gasteiger partial charge in [-0.3, -0.25) is 0 Å². The summed E-state index contributed by atoms with van der Waals surface area (Å²) in [6.45, 7) is 2.17. The second-order valence-electron chi connectivity index (χ2n) is 4.32. The summed E-state index contributed by atoms with van der Waals surface area (Å²) in [5, 5.41) is 0. The number of para-hydroxylation sites is 1. The Bertz CT molecular complexity index is 437. The van der Waals surface area contributed by atoms with Gasteiger partial charge in [-0.25, -0.2) is 4.79 Å². The molecule has 0 bridgehead atoms. The Kier molecular flexibility index (Phi) is 3.17. The molecule has 2 fully saturated rings. The van der Waals surface area contributed by atoms with E-state index in [1.165, 1.54) is 0 Å². The molecule has 2 heterocycles. The van der Waals surface area contributed by atoms with E-state index in [1.54, 1.807) is 18.2 Å². The number of rotatable bonds is 6. The van der Waals surface area contributed by atoms with E-state index in [2.05, 4.69) is 0 Å². The molecule has 2 aliphatic heterocycles. The maximum Gasteiger partial charge on any atom is 0.342 e. The van der Waals surface area contributed by atoms with E-state index >= 15 is 0 Å². The molecule has 0 radical (unpaired) electrons. The van der Waals surface area contributed by atoms with Crippen molar-refractivity contribution in [3.8, 4) is 5.75 Å². The molecule has 3 rings (SSSR count). The maximum absolute atomic E-state index is 11.9. The Labute approximate surface area is 105 Å². The molecule has 18 heavy (non-hydrogen) atoms. The largest absolute Gasteiger partial charge is 0.490 e. The number of carbonyl (C=O) groups excluding carboxylic acids is 1. The number of esters is 1. The van der Waals surface area contributed by atoms with Crippen LogP contribution in [0.2, 0.25) is 0 Å². The molecule has 0 aromatic heterocycles. The van der Waals surface area contributed by atoms with E-state index in [9.17, 15) is 4.79 Å². The van der Waals surface area contributed by atoms with Crippen LogP contribution in [0.15, 0.2) is 24.3 Å². The van der Waals surface area contributed by atoms with Crippen molar-refractivity contribution < 1.29 is 23.7 Å². The Hall–Kier alpha value is -1.59. The summed E-state index contributed by atoms with van der Waals surface area (Å²) < 4.78 is 20.7. The molecule has 2 atom stereocenters. The van der Waals surface area contributed by atoms with Crippen LogP contribution in [0.1, 0.15) is 10.4 Å². The number of epoxide rings is 2. The van der Waals surface area contributed by atoms with E-state index < -0.39 is 0 Å². The molecule has 1 aromatic rings. The number of carbonyl (C=O) groups is 1. The van der Waals surface area contributed by atoms with Crippen LogP contribution in [0.3, 0.4) is 0 Å². The lowest BCUT2D eigenvalue weighted by atomic mass is 10.2. The first-order valence-electron chi connectivity index (χ1n) is 5.95. The zero-order valence-corrected chi connectivity index (χ0v) is 9.83. The highest BCUT2D eigenvalue weighted by Gasteiger charge is 2.26. The maximum atomic E-state index is 11.9. The molecule has 0 aliphatic carbocycles. The minimum atomic E-state index is -0.377. The molecule has 2 unspecified atom stereocenters.